The molecular weight excluding hydrogens is 378 g/mol. The molecule has 3 heterocycles. The van der Waals surface area contributed by atoms with Crippen molar-refractivity contribution in [2.45, 2.75) is 13.0 Å². The SMILES string of the molecule is CN1C(=O)c2ccc(C(=O)N3CCc4[nH]c5ccc(Cl)cc5c4C3)cc2C1=O. The Morgan fingerprint density at radius 2 is 1.86 bits per heavy atom. The van der Waals surface area contributed by atoms with E-state index in [1.165, 1.54) is 13.1 Å². The summed E-state index contributed by atoms with van der Waals surface area (Å²) >= 11 is 6.15. The van der Waals surface area contributed by atoms with Crippen LogP contribution in [-0.2, 0) is 13.0 Å². The molecule has 0 bridgehead atoms. The lowest BCUT2D eigenvalue weighted by molar-refractivity contribution is 0.0692. The lowest BCUT2D eigenvalue weighted by Crippen LogP contribution is -2.35. The second-order valence-electron chi connectivity index (χ2n) is 7.18. The molecule has 1 N–H and O–H groups in total. The normalized spacial score (nSPS) is 15.9. The Kier molecular flexibility index (Phi) is 3.61. The second-order valence-corrected chi connectivity index (χ2v) is 7.61. The van der Waals surface area contributed by atoms with Crippen LogP contribution >= 0.6 is 11.6 Å². The number of benzene rings is 2. The summed E-state index contributed by atoms with van der Waals surface area (Å²) in [6.45, 7) is 1.05. The maximum atomic E-state index is 13.1. The van der Waals surface area contributed by atoms with E-state index in [0.29, 0.717) is 29.2 Å². The number of nitrogens with one attached hydrogen (secondary N) is 1. The zero-order valence-electron chi connectivity index (χ0n) is 15.1. The number of fused-ring (bicyclic) bond motifs is 4. The number of amides is 3. The predicted molar refractivity (Wildman–Crippen MR) is 105 cm³/mol. The summed E-state index contributed by atoms with van der Waals surface area (Å²) in [5.41, 5.74) is 4.25. The summed E-state index contributed by atoms with van der Waals surface area (Å²) < 4.78 is 0. The van der Waals surface area contributed by atoms with Crippen LogP contribution in [0.5, 0.6) is 0 Å². The molecular formula is C21H16ClN3O3. The molecule has 0 aliphatic carbocycles. The van der Waals surface area contributed by atoms with Gasteiger partial charge >= 0.3 is 0 Å². The molecule has 140 valence electrons. The molecule has 3 aromatic rings. The Morgan fingerprint density at radius 3 is 2.68 bits per heavy atom. The third-order valence-electron chi connectivity index (χ3n) is 5.56. The van der Waals surface area contributed by atoms with Gasteiger partial charge in [0.15, 0.2) is 0 Å². The van der Waals surface area contributed by atoms with Crippen LogP contribution < -0.4 is 0 Å². The van der Waals surface area contributed by atoms with Gasteiger partial charge in [0.25, 0.3) is 17.7 Å². The smallest absolute Gasteiger partial charge is 0.261 e. The molecule has 1 aromatic heterocycles. The minimum absolute atomic E-state index is 0.153. The van der Waals surface area contributed by atoms with Gasteiger partial charge in [0.05, 0.1) is 11.1 Å². The summed E-state index contributed by atoms with van der Waals surface area (Å²) in [6.07, 6.45) is 0.721. The Bertz CT molecular complexity index is 1200. The maximum Gasteiger partial charge on any atom is 0.261 e. The van der Waals surface area contributed by atoms with E-state index in [4.69, 9.17) is 11.6 Å². The number of imide groups is 1. The largest absolute Gasteiger partial charge is 0.358 e. The molecule has 0 radical (unpaired) electrons. The number of halogens is 1. The number of aromatic amines is 1. The number of nitrogens with zero attached hydrogens (tertiary/aromatic N) is 2. The maximum absolute atomic E-state index is 13.1. The summed E-state index contributed by atoms with van der Waals surface area (Å²) in [6, 6.07) is 10.4. The van der Waals surface area contributed by atoms with Gasteiger partial charge in [0.2, 0.25) is 0 Å². The quantitative estimate of drug-likeness (QED) is 0.645. The highest BCUT2D eigenvalue weighted by atomic mass is 35.5. The summed E-state index contributed by atoms with van der Waals surface area (Å²) in [5, 5.41) is 1.68. The lowest BCUT2D eigenvalue weighted by Gasteiger charge is -2.27. The van der Waals surface area contributed by atoms with Gasteiger partial charge in [-0.05, 0) is 36.4 Å². The fourth-order valence-corrected chi connectivity index (χ4v) is 4.21. The summed E-state index contributed by atoms with van der Waals surface area (Å²) in [5.74, 6) is -0.862. The van der Waals surface area contributed by atoms with Crippen LogP contribution in [0.3, 0.4) is 0 Å². The molecule has 0 saturated carbocycles. The van der Waals surface area contributed by atoms with Crippen molar-refractivity contribution >= 4 is 40.2 Å². The third kappa shape index (κ3) is 2.38. The van der Waals surface area contributed by atoms with Crippen molar-refractivity contribution in [2.75, 3.05) is 13.6 Å². The molecule has 6 nitrogen and oxygen atoms in total. The van der Waals surface area contributed by atoms with Crippen LogP contribution in [0.2, 0.25) is 5.02 Å². The Hall–Kier alpha value is -3.12. The fourth-order valence-electron chi connectivity index (χ4n) is 4.04. The zero-order valence-corrected chi connectivity index (χ0v) is 15.8. The molecule has 0 atom stereocenters. The van der Waals surface area contributed by atoms with Crippen LogP contribution in [-0.4, -0.2) is 46.1 Å². The first-order valence-electron chi connectivity index (χ1n) is 8.99. The first-order valence-corrected chi connectivity index (χ1v) is 9.36. The predicted octanol–water partition coefficient (Wildman–Crippen LogP) is 3.25. The van der Waals surface area contributed by atoms with E-state index in [0.717, 1.165) is 33.5 Å². The zero-order chi connectivity index (χ0) is 19.6. The third-order valence-corrected chi connectivity index (χ3v) is 5.80. The number of hydrogen-bond donors (Lipinski definition) is 1. The molecule has 2 aromatic carbocycles. The van der Waals surface area contributed by atoms with E-state index in [1.54, 1.807) is 17.0 Å². The first kappa shape index (κ1) is 17.0. The van der Waals surface area contributed by atoms with E-state index in [9.17, 15) is 14.4 Å². The molecule has 2 aliphatic heterocycles. The summed E-state index contributed by atoms with van der Waals surface area (Å²) in [7, 11) is 1.44. The van der Waals surface area contributed by atoms with E-state index >= 15 is 0 Å². The monoisotopic (exact) mass is 393 g/mol. The van der Waals surface area contributed by atoms with Crippen molar-refractivity contribution in [3.05, 3.63) is 69.4 Å². The van der Waals surface area contributed by atoms with Gasteiger partial charge in [-0.3, -0.25) is 19.3 Å². The standard InChI is InChI=1S/C21H16ClN3O3/c1-24-20(27)13-4-2-11(8-15(13)21(24)28)19(26)25-7-6-18-16(10-25)14-9-12(22)3-5-17(14)23-18/h2-5,8-9,23H,6-7,10H2,1H3. The minimum atomic E-state index is -0.373. The van der Waals surface area contributed by atoms with E-state index in [2.05, 4.69) is 4.98 Å². The van der Waals surface area contributed by atoms with Gasteiger partial charge in [-0.25, -0.2) is 0 Å². The van der Waals surface area contributed by atoms with Crippen molar-refractivity contribution in [2.24, 2.45) is 0 Å². The van der Waals surface area contributed by atoms with Crippen LogP contribution in [0.15, 0.2) is 36.4 Å². The molecule has 28 heavy (non-hydrogen) atoms. The molecule has 0 spiro atoms. The highest BCUT2D eigenvalue weighted by Gasteiger charge is 2.34. The Balaban J connectivity index is 1.48. The number of hydrogen-bond acceptors (Lipinski definition) is 3. The van der Waals surface area contributed by atoms with Crippen LogP contribution in [0.4, 0.5) is 0 Å². The van der Waals surface area contributed by atoms with Crippen molar-refractivity contribution < 1.29 is 14.4 Å². The van der Waals surface area contributed by atoms with E-state index in [-0.39, 0.29) is 23.3 Å². The van der Waals surface area contributed by atoms with Crippen molar-refractivity contribution in [3.63, 3.8) is 0 Å². The number of carbonyl (C=O) groups is 3. The van der Waals surface area contributed by atoms with Gasteiger partial charge in [-0.2, -0.15) is 0 Å². The number of H-pyrrole nitrogens is 1. The van der Waals surface area contributed by atoms with Crippen molar-refractivity contribution in [1.82, 2.24) is 14.8 Å². The second kappa shape index (κ2) is 5.94. The van der Waals surface area contributed by atoms with E-state index < -0.39 is 0 Å². The molecule has 3 amide bonds. The van der Waals surface area contributed by atoms with E-state index in [1.807, 2.05) is 18.2 Å². The van der Waals surface area contributed by atoms with Gasteiger partial charge in [-0.1, -0.05) is 11.6 Å². The van der Waals surface area contributed by atoms with Crippen molar-refractivity contribution in [1.29, 1.82) is 0 Å². The Morgan fingerprint density at radius 1 is 1.07 bits per heavy atom. The van der Waals surface area contributed by atoms with Crippen LogP contribution in [0.25, 0.3) is 10.9 Å². The molecule has 5 rings (SSSR count). The summed E-state index contributed by atoms with van der Waals surface area (Å²) in [4.78, 5) is 43.6. The Labute approximate surface area is 165 Å². The molecule has 0 unspecified atom stereocenters. The van der Waals surface area contributed by atoms with Gasteiger partial charge in [0, 0.05) is 59.3 Å². The first-order chi connectivity index (χ1) is 13.4. The van der Waals surface area contributed by atoms with Gasteiger partial charge in [-0.15, -0.1) is 0 Å². The van der Waals surface area contributed by atoms with Crippen LogP contribution in [0.1, 0.15) is 42.3 Å². The molecule has 0 fully saturated rings. The van der Waals surface area contributed by atoms with Gasteiger partial charge in [0.1, 0.15) is 0 Å². The highest BCUT2D eigenvalue weighted by molar-refractivity contribution is 6.31. The molecule has 7 heteroatoms. The average Bonchev–Trinajstić information content (AvgIpc) is 3.17. The number of aromatic nitrogens is 1. The van der Waals surface area contributed by atoms with Crippen LogP contribution in [0, 0.1) is 0 Å². The highest BCUT2D eigenvalue weighted by Crippen LogP contribution is 2.31. The van der Waals surface area contributed by atoms with Gasteiger partial charge < -0.3 is 9.88 Å². The number of carbonyl (C=O) groups excluding carboxylic acids is 3. The average molecular weight is 394 g/mol. The molecule has 0 saturated heterocycles. The number of rotatable bonds is 1. The molecule has 2 aliphatic rings. The minimum Gasteiger partial charge on any atom is -0.358 e. The lowest BCUT2D eigenvalue weighted by atomic mass is 10.0. The fraction of sp³-hybridized carbons (Fsp3) is 0.190. The van der Waals surface area contributed by atoms with Crippen molar-refractivity contribution in [3.8, 4) is 0 Å². The topological polar surface area (TPSA) is 73.5 Å².